The predicted octanol–water partition coefficient (Wildman–Crippen LogP) is 5.74. The lowest BCUT2D eigenvalue weighted by Crippen LogP contribution is -2.50. The minimum absolute atomic E-state index is 0.0938. The number of methoxy groups -OCH3 is 1. The maximum absolute atomic E-state index is 12.7. The molecular formula is C27H43N3O3S2. The molecule has 35 heavy (non-hydrogen) atoms. The first-order valence-electron chi connectivity index (χ1n) is 13.0. The number of carbonyl (C=O) groups is 1. The number of rotatable bonds is 10. The molecule has 1 aromatic rings. The van der Waals surface area contributed by atoms with Crippen LogP contribution in [-0.4, -0.2) is 59.0 Å². The highest BCUT2D eigenvalue weighted by atomic mass is 32.2. The van der Waals surface area contributed by atoms with E-state index in [2.05, 4.69) is 22.8 Å². The van der Waals surface area contributed by atoms with Gasteiger partial charge in [0.25, 0.3) is 0 Å². The van der Waals surface area contributed by atoms with Gasteiger partial charge >= 0.3 is 6.09 Å². The lowest BCUT2D eigenvalue weighted by atomic mass is 9.85. The third-order valence-corrected chi connectivity index (χ3v) is 8.25. The molecule has 2 atom stereocenters. The minimum Gasteiger partial charge on any atom is -0.497 e. The van der Waals surface area contributed by atoms with Crippen LogP contribution in [-0.2, 0) is 11.3 Å². The van der Waals surface area contributed by atoms with Gasteiger partial charge in [-0.1, -0.05) is 56.5 Å². The Morgan fingerprint density at radius 3 is 2.57 bits per heavy atom. The van der Waals surface area contributed by atoms with Crippen LogP contribution in [0.15, 0.2) is 24.3 Å². The van der Waals surface area contributed by atoms with Crippen molar-refractivity contribution in [2.24, 2.45) is 5.92 Å². The van der Waals surface area contributed by atoms with E-state index in [-0.39, 0.29) is 18.2 Å². The molecule has 1 saturated carbocycles. The van der Waals surface area contributed by atoms with Crippen LogP contribution in [0.1, 0.15) is 71.3 Å². The molecule has 0 bridgehead atoms. The molecule has 196 valence electrons. The van der Waals surface area contributed by atoms with E-state index in [0.717, 1.165) is 28.8 Å². The molecule has 2 N–H and O–H groups in total. The lowest BCUT2D eigenvalue weighted by molar-refractivity contribution is 0.0239. The Bertz CT molecular complexity index is 807. The number of nitrogens with one attached hydrogen (secondary N) is 2. The van der Waals surface area contributed by atoms with Gasteiger partial charge in [0.05, 0.1) is 30.1 Å². The fourth-order valence-corrected chi connectivity index (χ4v) is 6.17. The molecule has 0 radical (unpaired) electrons. The van der Waals surface area contributed by atoms with Gasteiger partial charge in [-0.25, -0.2) is 4.79 Å². The van der Waals surface area contributed by atoms with E-state index in [1.807, 2.05) is 37.8 Å². The van der Waals surface area contributed by atoms with Gasteiger partial charge in [-0.3, -0.25) is 4.90 Å². The molecule has 0 unspecified atom stereocenters. The summed E-state index contributed by atoms with van der Waals surface area (Å²) in [4.78, 5) is 15.4. The second-order valence-corrected chi connectivity index (χ2v) is 12.2. The van der Waals surface area contributed by atoms with Crippen molar-refractivity contribution in [3.63, 3.8) is 0 Å². The van der Waals surface area contributed by atoms with Crippen LogP contribution in [0.5, 0.6) is 5.75 Å². The Labute approximate surface area is 221 Å². The highest BCUT2D eigenvalue weighted by molar-refractivity contribution is 7.99. The number of amides is 1. The second kappa shape index (κ2) is 13.7. The Balaban J connectivity index is 1.57. The monoisotopic (exact) mass is 521 g/mol. The van der Waals surface area contributed by atoms with E-state index in [1.54, 1.807) is 18.9 Å². The quantitative estimate of drug-likeness (QED) is 0.381. The average Bonchev–Trinajstić information content (AvgIpc) is 3.31. The summed E-state index contributed by atoms with van der Waals surface area (Å²) >= 11 is 7.65. The number of thiocarbonyl (C=S) groups is 1. The molecule has 1 amide bonds. The topological polar surface area (TPSA) is 62.8 Å². The van der Waals surface area contributed by atoms with Gasteiger partial charge in [-0.15, -0.1) is 11.8 Å². The van der Waals surface area contributed by atoms with Crippen LogP contribution in [0.25, 0.3) is 0 Å². The number of nitrogens with zero attached hydrogens (tertiary/aromatic N) is 1. The zero-order chi connectivity index (χ0) is 25.3. The average molecular weight is 522 g/mol. The van der Waals surface area contributed by atoms with Crippen LogP contribution >= 0.6 is 24.0 Å². The van der Waals surface area contributed by atoms with Crippen molar-refractivity contribution in [1.29, 1.82) is 0 Å². The van der Waals surface area contributed by atoms with Gasteiger partial charge < -0.3 is 20.1 Å². The predicted molar refractivity (Wildman–Crippen MR) is 149 cm³/mol. The van der Waals surface area contributed by atoms with E-state index in [1.165, 1.54) is 44.1 Å². The summed E-state index contributed by atoms with van der Waals surface area (Å²) in [6, 6.07) is 8.28. The second-order valence-electron chi connectivity index (χ2n) is 10.7. The number of thioether (sulfide) groups is 1. The highest BCUT2D eigenvalue weighted by Gasteiger charge is 2.33. The number of benzene rings is 1. The Kier molecular flexibility index (Phi) is 11.0. The van der Waals surface area contributed by atoms with Crippen LogP contribution in [0.4, 0.5) is 4.79 Å². The largest absolute Gasteiger partial charge is 0.497 e. The Hall–Kier alpha value is -1.51. The lowest BCUT2D eigenvalue weighted by Gasteiger charge is -2.30. The van der Waals surface area contributed by atoms with Crippen molar-refractivity contribution in [2.45, 2.75) is 89.9 Å². The summed E-state index contributed by atoms with van der Waals surface area (Å²) in [6.45, 7) is 7.14. The zero-order valence-electron chi connectivity index (χ0n) is 21.8. The molecule has 0 spiro atoms. The third kappa shape index (κ3) is 9.47. The van der Waals surface area contributed by atoms with E-state index in [4.69, 9.17) is 21.7 Å². The summed E-state index contributed by atoms with van der Waals surface area (Å²) in [5.74, 6) is 3.24. The summed E-state index contributed by atoms with van der Waals surface area (Å²) in [5.41, 5.74) is 0.681. The summed E-state index contributed by atoms with van der Waals surface area (Å²) in [5, 5.41) is 7.20. The smallest absolute Gasteiger partial charge is 0.411 e. The van der Waals surface area contributed by atoms with Crippen molar-refractivity contribution in [2.75, 3.05) is 25.3 Å². The van der Waals surface area contributed by atoms with Gasteiger partial charge in [0.2, 0.25) is 0 Å². The van der Waals surface area contributed by atoms with E-state index in [9.17, 15) is 4.79 Å². The summed E-state index contributed by atoms with van der Waals surface area (Å²) < 4.78 is 10.9. The first kappa shape index (κ1) is 28.1. The van der Waals surface area contributed by atoms with Crippen molar-refractivity contribution in [3.05, 3.63) is 29.8 Å². The first-order valence-corrected chi connectivity index (χ1v) is 14.5. The number of hydrogen-bond donors (Lipinski definition) is 2. The molecule has 1 aromatic carbocycles. The van der Waals surface area contributed by atoms with Crippen LogP contribution in [0.2, 0.25) is 0 Å². The van der Waals surface area contributed by atoms with Gasteiger partial charge in [0.15, 0.2) is 0 Å². The van der Waals surface area contributed by atoms with Gasteiger partial charge in [0, 0.05) is 18.8 Å². The molecule has 1 aliphatic carbocycles. The standard InChI is InChI=1S/C27H43N3O3S2/c1-27(2,3)33-26(31)30-19-35-18-22(30)17-28-24(15-12-20-8-6-5-7-9-20)25(34)29-16-21-10-13-23(32-4)14-11-21/h10-11,13-14,20,22,24,28H,5-9,12,15-19H2,1-4H3,(H,29,34)/t22-,24-/m1/s1. The van der Waals surface area contributed by atoms with Crippen molar-refractivity contribution < 1.29 is 14.3 Å². The van der Waals surface area contributed by atoms with Gasteiger partial charge in [0.1, 0.15) is 11.4 Å². The molecular weight excluding hydrogens is 478 g/mol. The maximum atomic E-state index is 12.7. The highest BCUT2D eigenvalue weighted by Crippen LogP contribution is 2.28. The summed E-state index contributed by atoms with van der Waals surface area (Å²) in [7, 11) is 1.68. The zero-order valence-corrected chi connectivity index (χ0v) is 23.4. The molecule has 2 aliphatic rings. The van der Waals surface area contributed by atoms with Crippen LogP contribution in [0.3, 0.4) is 0 Å². The van der Waals surface area contributed by atoms with Crippen molar-refractivity contribution in [3.8, 4) is 5.75 Å². The third-order valence-electron chi connectivity index (χ3n) is 6.74. The normalized spacial score (nSPS) is 19.9. The molecule has 1 heterocycles. The van der Waals surface area contributed by atoms with E-state index < -0.39 is 5.60 Å². The van der Waals surface area contributed by atoms with Crippen LogP contribution < -0.4 is 15.4 Å². The van der Waals surface area contributed by atoms with Crippen molar-refractivity contribution >= 4 is 35.1 Å². The van der Waals surface area contributed by atoms with Crippen LogP contribution in [0, 0.1) is 5.92 Å². The first-order chi connectivity index (χ1) is 16.7. The molecule has 3 rings (SSSR count). The number of carbonyl (C=O) groups excluding carboxylic acids is 1. The summed E-state index contributed by atoms with van der Waals surface area (Å²) in [6.07, 6.45) is 8.74. The molecule has 2 fully saturated rings. The maximum Gasteiger partial charge on any atom is 0.411 e. The Morgan fingerprint density at radius 1 is 1.20 bits per heavy atom. The molecule has 1 aliphatic heterocycles. The fourth-order valence-electron chi connectivity index (χ4n) is 4.71. The van der Waals surface area contributed by atoms with Gasteiger partial charge in [-0.05, 0) is 57.2 Å². The molecule has 1 saturated heterocycles. The fraction of sp³-hybridized carbons (Fsp3) is 0.704. The molecule has 6 nitrogen and oxygen atoms in total. The van der Waals surface area contributed by atoms with Crippen molar-refractivity contribution in [1.82, 2.24) is 15.5 Å². The molecule has 0 aromatic heterocycles. The molecule has 8 heteroatoms. The van der Waals surface area contributed by atoms with Gasteiger partial charge in [-0.2, -0.15) is 0 Å². The SMILES string of the molecule is COc1ccc(CNC(=S)[C@@H](CCC2CCCCC2)NC[C@@H]2CSCN2C(=O)OC(C)(C)C)cc1. The van der Waals surface area contributed by atoms with E-state index >= 15 is 0 Å². The number of ether oxygens (including phenoxy) is 2. The Morgan fingerprint density at radius 2 is 1.91 bits per heavy atom. The number of hydrogen-bond acceptors (Lipinski definition) is 6. The van der Waals surface area contributed by atoms with E-state index in [0.29, 0.717) is 19.0 Å². The minimum atomic E-state index is -0.488.